The third kappa shape index (κ3) is 4.08. The van der Waals surface area contributed by atoms with Crippen LogP contribution in [0.4, 0.5) is 5.69 Å². The van der Waals surface area contributed by atoms with Crippen molar-refractivity contribution in [3.63, 3.8) is 0 Å². The van der Waals surface area contributed by atoms with E-state index in [0.717, 1.165) is 17.8 Å². The van der Waals surface area contributed by atoms with Crippen LogP contribution >= 0.6 is 0 Å². The van der Waals surface area contributed by atoms with Crippen molar-refractivity contribution in [1.29, 1.82) is 0 Å². The summed E-state index contributed by atoms with van der Waals surface area (Å²) in [6, 6.07) is 0.548. The van der Waals surface area contributed by atoms with E-state index in [0.29, 0.717) is 18.0 Å². The van der Waals surface area contributed by atoms with E-state index in [9.17, 15) is 34.8 Å². The summed E-state index contributed by atoms with van der Waals surface area (Å²) in [7, 11) is 7.01. The van der Waals surface area contributed by atoms with Gasteiger partial charge in [-0.3, -0.25) is 24.2 Å². The van der Waals surface area contributed by atoms with Gasteiger partial charge in [-0.2, -0.15) is 0 Å². The molecular weight excluding hydrogens is 552 g/mol. The van der Waals surface area contributed by atoms with Crippen LogP contribution in [0.1, 0.15) is 55.7 Å². The molecule has 0 aromatic heterocycles. The molecule has 5 aliphatic rings. The number of phenolic OH excluding ortho intramolecular Hbond substituents is 1. The van der Waals surface area contributed by atoms with Crippen LogP contribution in [-0.4, -0.2) is 99.6 Å². The highest BCUT2D eigenvalue weighted by atomic mass is 16.3. The van der Waals surface area contributed by atoms with E-state index in [1.165, 1.54) is 30.6 Å². The topological polar surface area (TPSA) is 168 Å². The average molecular weight is 595 g/mol. The Kier molecular flexibility index (Phi) is 6.76. The number of rotatable bonds is 8. The second kappa shape index (κ2) is 9.80. The van der Waals surface area contributed by atoms with Gasteiger partial charge < -0.3 is 31.1 Å². The number of Topliss-reactive ketones (excluding diaryl/α,β-unsaturated/α-hetero) is 2. The lowest BCUT2D eigenvalue weighted by atomic mass is 9.57. The van der Waals surface area contributed by atoms with Crippen LogP contribution in [0.15, 0.2) is 23.0 Å². The molecule has 3 saturated carbocycles. The summed E-state index contributed by atoms with van der Waals surface area (Å²) >= 11 is 0. The average Bonchev–Trinajstić information content (AvgIpc) is 3.82. The number of likely N-dealkylation sites (N-methyl/N-ethyl adjacent to an activating group) is 1. The molecule has 3 fully saturated rings. The lowest BCUT2D eigenvalue weighted by molar-refractivity contribution is -0.153. The van der Waals surface area contributed by atoms with E-state index in [2.05, 4.69) is 11.8 Å². The molecule has 4 atom stereocenters. The third-order valence-corrected chi connectivity index (χ3v) is 10.7. The first-order valence-corrected chi connectivity index (χ1v) is 15.2. The number of carbonyl (C=O) groups excluding carboxylic acids is 3. The number of aliphatic hydroxyl groups is 3. The van der Waals surface area contributed by atoms with Crippen molar-refractivity contribution in [1.82, 2.24) is 9.80 Å². The van der Waals surface area contributed by atoms with Gasteiger partial charge in [0.15, 0.2) is 11.4 Å². The summed E-state index contributed by atoms with van der Waals surface area (Å²) in [5.41, 5.74) is 4.63. The molecular formula is C32H42N4O7. The minimum atomic E-state index is -2.65. The Bertz CT molecular complexity index is 1500. The first kappa shape index (κ1) is 29.7. The first-order valence-electron chi connectivity index (χ1n) is 15.2. The molecule has 0 heterocycles. The standard InChI is InChI=1S/C32H42N4O7/c1-6-36(31(9-10-31)17-7-8-17)14-16-13-20(37)22-18(24(16)34(2)3)11-15-12-19-25(35(4)5)27(39)23(30(33)42)29(41)32(19,43)28(40)21(15)26(22)38/h13,15,17,19,25,37-38,41,43H,6-12,14H2,1-5H3,(H2,33,42)/t15-,19-,25-,32-/m0/s1. The largest absolute Gasteiger partial charge is 0.508 e. The number of aliphatic hydroxyl groups excluding tert-OH is 2. The van der Waals surface area contributed by atoms with Crippen molar-refractivity contribution in [2.24, 2.45) is 23.5 Å². The lowest BCUT2D eigenvalue weighted by Gasteiger charge is -2.50. The van der Waals surface area contributed by atoms with Crippen molar-refractivity contribution in [2.45, 2.75) is 69.2 Å². The predicted molar refractivity (Wildman–Crippen MR) is 159 cm³/mol. The number of anilines is 1. The van der Waals surface area contributed by atoms with E-state index < -0.39 is 58.0 Å². The SMILES string of the molecule is CCN(Cc1cc(O)c2c(c1N(C)C)C[C@H]1C[C@H]3[C@H](N(C)C)C(=O)C(C(N)=O)=C(O)[C@@]3(O)C(=O)C1=C2O)C1(C2CC2)CC1. The molecule has 0 bridgehead atoms. The van der Waals surface area contributed by atoms with Gasteiger partial charge in [0.1, 0.15) is 22.8 Å². The highest BCUT2D eigenvalue weighted by Crippen LogP contribution is 2.59. The third-order valence-electron chi connectivity index (χ3n) is 10.7. The Morgan fingerprint density at radius 3 is 2.26 bits per heavy atom. The van der Waals surface area contributed by atoms with E-state index >= 15 is 0 Å². The van der Waals surface area contributed by atoms with Gasteiger partial charge in [-0.15, -0.1) is 0 Å². The molecule has 0 aliphatic heterocycles. The number of hydrogen-bond acceptors (Lipinski definition) is 10. The fraction of sp³-hybridized carbons (Fsp3) is 0.594. The maximum absolute atomic E-state index is 14.1. The molecule has 0 saturated heterocycles. The highest BCUT2D eigenvalue weighted by Gasteiger charge is 2.64. The van der Waals surface area contributed by atoms with E-state index in [4.69, 9.17) is 5.73 Å². The van der Waals surface area contributed by atoms with Crippen LogP contribution in [0.25, 0.3) is 5.76 Å². The molecule has 6 rings (SSSR count). The number of nitrogens with zero attached hydrogens (tertiary/aromatic N) is 3. The van der Waals surface area contributed by atoms with Gasteiger partial charge >= 0.3 is 0 Å². The number of nitrogens with two attached hydrogens (primary N) is 1. The Balaban J connectivity index is 1.49. The number of ketones is 2. The lowest BCUT2D eigenvalue weighted by Crippen LogP contribution is -2.65. The Labute approximate surface area is 251 Å². The van der Waals surface area contributed by atoms with Crippen molar-refractivity contribution >= 4 is 28.9 Å². The van der Waals surface area contributed by atoms with E-state index in [-0.39, 0.29) is 35.3 Å². The number of fused-ring (bicyclic) bond motifs is 3. The minimum Gasteiger partial charge on any atom is -0.508 e. The zero-order valence-corrected chi connectivity index (χ0v) is 25.5. The van der Waals surface area contributed by atoms with Crippen LogP contribution in [0, 0.1) is 17.8 Å². The molecule has 1 amide bonds. The van der Waals surface area contributed by atoms with Crippen LogP contribution in [0.3, 0.4) is 0 Å². The van der Waals surface area contributed by atoms with Crippen LogP contribution < -0.4 is 10.6 Å². The second-order valence-corrected chi connectivity index (χ2v) is 13.5. The van der Waals surface area contributed by atoms with Crippen molar-refractivity contribution in [2.75, 3.05) is 39.6 Å². The number of amides is 1. The van der Waals surface area contributed by atoms with E-state index in [1.807, 2.05) is 19.0 Å². The zero-order chi connectivity index (χ0) is 31.3. The number of aromatic hydroxyl groups is 1. The van der Waals surface area contributed by atoms with Gasteiger partial charge in [0, 0.05) is 43.4 Å². The van der Waals surface area contributed by atoms with Crippen molar-refractivity contribution in [3.05, 3.63) is 39.7 Å². The van der Waals surface area contributed by atoms with Gasteiger partial charge in [-0.25, -0.2) is 0 Å². The molecule has 0 spiro atoms. The smallest absolute Gasteiger partial charge is 0.255 e. The van der Waals surface area contributed by atoms with Crippen LogP contribution in [0.5, 0.6) is 5.75 Å². The highest BCUT2D eigenvalue weighted by molar-refractivity contribution is 6.24. The maximum Gasteiger partial charge on any atom is 0.255 e. The molecule has 11 nitrogen and oxygen atoms in total. The van der Waals surface area contributed by atoms with Crippen LogP contribution in [-0.2, 0) is 27.3 Å². The van der Waals surface area contributed by atoms with Gasteiger partial charge in [-0.1, -0.05) is 6.92 Å². The Morgan fingerprint density at radius 2 is 1.74 bits per heavy atom. The quantitative estimate of drug-likeness (QED) is 0.280. The van der Waals surface area contributed by atoms with Crippen LogP contribution in [0.2, 0.25) is 0 Å². The minimum absolute atomic E-state index is 0.0650. The second-order valence-electron chi connectivity index (χ2n) is 13.5. The van der Waals surface area contributed by atoms with Gasteiger partial charge in [0.2, 0.25) is 5.78 Å². The molecule has 1 aromatic rings. The van der Waals surface area contributed by atoms with Crippen molar-refractivity contribution < 1.29 is 34.8 Å². The summed E-state index contributed by atoms with van der Waals surface area (Å²) < 4.78 is 0. The fourth-order valence-corrected chi connectivity index (χ4v) is 8.57. The molecule has 232 valence electrons. The summed E-state index contributed by atoms with van der Waals surface area (Å²) in [6.45, 7) is 3.67. The Hall–Kier alpha value is -3.41. The zero-order valence-electron chi connectivity index (χ0n) is 25.5. The number of carbonyl (C=O) groups is 3. The molecule has 0 unspecified atom stereocenters. The summed E-state index contributed by atoms with van der Waals surface area (Å²) in [5, 5.41) is 45.9. The number of primary amides is 1. The molecule has 0 radical (unpaired) electrons. The molecule has 43 heavy (non-hydrogen) atoms. The number of benzene rings is 1. The normalized spacial score (nSPS) is 29.5. The van der Waals surface area contributed by atoms with Gasteiger partial charge in [-0.05, 0) is 88.2 Å². The molecule has 5 aliphatic carbocycles. The molecule has 1 aromatic carbocycles. The van der Waals surface area contributed by atoms with Gasteiger partial charge in [0.25, 0.3) is 5.91 Å². The summed E-state index contributed by atoms with van der Waals surface area (Å²) in [6.07, 6.45) is 5.18. The Morgan fingerprint density at radius 1 is 1.09 bits per heavy atom. The molecule has 11 heteroatoms. The summed E-state index contributed by atoms with van der Waals surface area (Å²) in [4.78, 5) is 45.7. The van der Waals surface area contributed by atoms with E-state index in [1.54, 1.807) is 20.2 Å². The molecule has 6 N–H and O–H groups in total. The fourth-order valence-electron chi connectivity index (χ4n) is 8.57. The summed E-state index contributed by atoms with van der Waals surface area (Å²) in [5.74, 6) is -5.73. The monoisotopic (exact) mass is 594 g/mol. The number of phenols is 1. The van der Waals surface area contributed by atoms with Crippen molar-refractivity contribution in [3.8, 4) is 5.75 Å². The first-order chi connectivity index (χ1) is 20.2. The van der Waals surface area contributed by atoms with Gasteiger partial charge in [0.05, 0.1) is 11.6 Å². The maximum atomic E-state index is 14.1. The number of hydrogen-bond donors (Lipinski definition) is 5. The predicted octanol–water partition coefficient (Wildman–Crippen LogP) is 1.79.